The van der Waals surface area contributed by atoms with Crippen molar-refractivity contribution >= 4 is 23.6 Å². The summed E-state index contributed by atoms with van der Waals surface area (Å²) in [5, 5.41) is 3.12. The zero-order valence-corrected chi connectivity index (χ0v) is 23.1. The molecule has 3 aromatic rings. The van der Waals surface area contributed by atoms with E-state index in [9.17, 15) is 9.59 Å². The lowest BCUT2D eigenvalue weighted by molar-refractivity contribution is -0.139. The van der Waals surface area contributed by atoms with Crippen molar-refractivity contribution < 1.29 is 14.3 Å². The molecule has 5 nitrogen and oxygen atoms in total. The number of amides is 2. The Morgan fingerprint density at radius 2 is 1.68 bits per heavy atom. The molecule has 3 aromatic carbocycles. The van der Waals surface area contributed by atoms with Crippen molar-refractivity contribution in [3.05, 3.63) is 101 Å². The highest BCUT2D eigenvalue weighted by molar-refractivity contribution is 7.99. The maximum absolute atomic E-state index is 13.8. The van der Waals surface area contributed by atoms with Crippen molar-refractivity contribution in [1.29, 1.82) is 0 Å². The second-order valence-electron chi connectivity index (χ2n) is 9.32. The summed E-state index contributed by atoms with van der Waals surface area (Å²) in [5.41, 5.74) is 4.37. The van der Waals surface area contributed by atoms with Crippen LogP contribution < -0.4 is 10.1 Å². The highest BCUT2D eigenvalue weighted by Gasteiger charge is 2.31. The van der Waals surface area contributed by atoms with Crippen LogP contribution in [0.5, 0.6) is 5.75 Å². The molecule has 0 fully saturated rings. The van der Waals surface area contributed by atoms with Crippen LogP contribution >= 0.6 is 11.8 Å². The van der Waals surface area contributed by atoms with Gasteiger partial charge in [-0.2, -0.15) is 0 Å². The van der Waals surface area contributed by atoms with Crippen LogP contribution in [0.25, 0.3) is 0 Å². The normalized spacial score (nSPS) is 12.4. The maximum atomic E-state index is 13.8. The third kappa shape index (κ3) is 8.67. The van der Waals surface area contributed by atoms with E-state index in [0.717, 1.165) is 29.1 Å². The standard InChI is InChI=1S/C31H38N2O3S/c1-5-24(3)32-31(35)29(19-25-13-7-6-8-14-25)33(20-26-15-11-17-28(18-26)36-4)30(34)22-37-21-27-16-10-9-12-23(27)2/h6-18,24,29H,5,19-22H2,1-4H3,(H,32,35)/t24-,29-/m1/s1. The summed E-state index contributed by atoms with van der Waals surface area (Å²) in [4.78, 5) is 29.1. The van der Waals surface area contributed by atoms with E-state index in [0.29, 0.717) is 18.7 Å². The second-order valence-corrected chi connectivity index (χ2v) is 10.3. The van der Waals surface area contributed by atoms with Crippen LogP contribution in [0.3, 0.4) is 0 Å². The first-order chi connectivity index (χ1) is 17.9. The van der Waals surface area contributed by atoms with Gasteiger partial charge in [0.2, 0.25) is 11.8 Å². The molecule has 2 atom stereocenters. The first-order valence-electron chi connectivity index (χ1n) is 12.8. The van der Waals surface area contributed by atoms with E-state index < -0.39 is 6.04 Å². The fourth-order valence-electron chi connectivity index (χ4n) is 4.07. The Morgan fingerprint density at radius 1 is 0.973 bits per heavy atom. The van der Waals surface area contributed by atoms with Gasteiger partial charge >= 0.3 is 0 Å². The Bertz CT molecular complexity index is 1150. The van der Waals surface area contributed by atoms with Crippen LogP contribution in [0, 0.1) is 6.92 Å². The summed E-state index contributed by atoms with van der Waals surface area (Å²) in [5.74, 6) is 1.58. The fraction of sp³-hybridized carbons (Fsp3) is 0.355. The third-order valence-corrected chi connectivity index (χ3v) is 7.47. The molecule has 1 N–H and O–H groups in total. The van der Waals surface area contributed by atoms with Gasteiger partial charge in [-0.05, 0) is 54.7 Å². The first-order valence-corrected chi connectivity index (χ1v) is 14.0. The predicted molar refractivity (Wildman–Crippen MR) is 153 cm³/mol. The Balaban J connectivity index is 1.88. The molecule has 0 radical (unpaired) electrons. The molecule has 3 rings (SSSR count). The molecule has 0 bridgehead atoms. The molecule has 0 heterocycles. The average Bonchev–Trinajstić information content (AvgIpc) is 2.92. The second kappa shape index (κ2) is 14.5. The lowest BCUT2D eigenvalue weighted by atomic mass is 10.0. The number of carbonyl (C=O) groups excluding carboxylic acids is 2. The highest BCUT2D eigenvalue weighted by atomic mass is 32.2. The quantitative estimate of drug-likeness (QED) is 0.311. The highest BCUT2D eigenvalue weighted by Crippen LogP contribution is 2.21. The number of nitrogens with zero attached hydrogens (tertiary/aromatic N) is 1. The molecular weight excluding hydrogens is 480 g/mol. The van der Waals surface area contributed by atoms with Crippen molar-refractivity contribution in [3.63, 3.8) is 0 Å². The maximum Gasteiger partial charge on any atom is 0.243 e. The van der Waals surface area contributed by atoms with Gasteiger partial charge in [0.05, 0.1) is 12.9 Å². The number of methoxy groups -OCH3 is 1. The van der Waals surface area contributed by atoms with Gasteiger partial charge in [-0.25, -0.2) is 0 Å². The van der Waals surface area contributed by atoms with Gasteiger partial charge in [0.25, 0.3) is 0 Å². The van der Waals surface area contributed by atoms with Crippen LogP contribution in [-0.2, 0) is 28.3 Å². The number of nitrogens with one attached hydrogen (secondary N) is 1. The number of carbonyl (C=O) groups is 2. The molecule has 0 saturated heterocycles. The number of thioether (sulfide) groups is 1. The summed E-state index contributed by atoms with van der Waals surface area (Å²) in [7, 11) is 1.63. The van der Waals surface area contributed by atoms with E-state index in [2.05, 4.69) is 24.4 Å². The minimum absolute atomic E-state index is 0.0231. The molecule has 37 heavy (non-hydrogen) atoms. The lowest BCUT2D eigenvalue weighted by Crippen LogP contribution is -2.52. The zero-order chi connectivity index (χ0) is 26.6. The van der Waals surface area contributed by atoms with Crippen molar-refractivity contribution in [3.8, 4) is 5.75 Å². The van der Waals surface area contributed by atoms with Gasteiger partial charge in [-0.1, -0.05) is 73.7 Å². The Labute approximate surface area is 225 Å². The van der Waals surface area contributed by atoms with E-state index in [1.165, 1.54) is 11.1 Å². The molecule has 0 aromatic heterocycles. The van der Waals surface area contributed by atoms with Crippen molar-refractivity contribution in [2.45, 2.75) is 58.0 Å². The van der Waals surface area contributed by atoms with E-state index in [4.69, 9.17) is 4.74 Å². The number of benzene rings is 3. The summed E-state index contributed by atoms with van der Waals surface area (Å²) >= 11 is 1.58. The van der Waals surface area contributed by atoms with Gasteiger partial charge < -0.3 is 15.0 Å². The summed E-state index contributed by atoms with van der Waals surface area (Å²) in [6.07, 6.45) is 1.27. The van der Waals surface area contributed by atoms with Crippen LogP contribution in [0.4, 0.5) is 0 Å². The molecule has 0 spiro atoms. The molecular formula is C31H38N2O3S. The molecule has 6 heteroatoms. The fourth-order valence-corrected chi connectivity index (χ4v) is 5.05. The van der Waals surface area contributed by atoms with Gasteiger partial charge in [0.15, 0.2) is 0 Å². The van der Waals surface area contributed by atoms with Crippen LogP contribution in [0.1, 0.15) is 42.5 Å². The predicted octanol–water partition coefficient (Wildman–Crippen LogP) is 5.79. The van der Waals surface area contributed by atoms with Crippen molar-refractivity contribution in [2.24, 2.45) is 0 Å². The lowest BCUT2D eigenvalue weighted by Gasteiger charge is -2.32. The van der Waals surface area contributed by atoms with Crippen LogP contribution in [0.15, 0.2) is 78.9 Å². The number of hydrogen-bond acceptors (Lipinski definition) is 4. The molecule has 0 unspecified atom stereocenters. The molecule has 0 aliphatic rings. The Morgan fingerprint density at radius 3 is 2.38 bits per heavy atom. The van der Waals surface area contributed by atoms with Gasteiger partial charge in [0, 0.05) is 24.8 Å². The number of rotatable bonds is 13. The van der Waals surface area contributed by atoms with E-state index >= 15 is 0 Å². The van der Waals surface area contributed by atoms with Gasteiger partial charge in [0.1, 0.15) is 11.8 Å². The average molecular weight is 519 g/mol. The van der Waals surface area contributed by atoms with E-state index in [1.54, 1.807) is 23.8 Å². The zero-order valence-electron chi connectivity index (χ0n) is 22.3. The minimum Gasteiger partial charge on any atom is -0.497 e. The number of hydrogen-bond donors (Lipinski definition) is 1. The van der Waals surface area contributed by atoms with Gasteiger partial charge in [-0.3, -0.25) is 9.59 Å². The summed E-state index contributed by atoms with van der Waals surface area (Å²) < 4.78 is 5.41. The number of ether oxygens (including phenoxy) is 1. The van der Waals surface area contributed by atoms with Crippen molar-refractivity contribution in [1.82, 2.24) is 10.2 Å². The SMILES string of the molecule is CC[C@@H](C)NC(=O)[C@@H](Cc1ccccc1)N(Cc1cccc(OC)c1)C(=O)CSCc1ccccc1C. The van der Waals surface area contributed by atoms with Crippen LogP contribution in [0.2, 0.25) is 0 Å². The summed E-state index contributed by atoms with van der Waals surface area (Å²) in [6.45, 7) is 6.44. The Hall–Kier alpha value is -3.25. The monoisotopic (exact) mass is 518 g/mol. The first kappa shape index (κ1) is 28.3. The molecule has 0 aliphatic carbocycles. The molecule has 2 amide bonds. The molecule has 0 saturated carbocycles. The largest absolute Gasteiger partial charge is 0.497 e. The van der Waals surface area contributed by atoms with E-state index in [-0.39, 0.29) is 17.9 Å². The molecule has 196 valence electrons. The van der Waals surface area contributed by atoms with Crippen molar-refractivity contribution in [2.75, 3.05) is 12.9 Å². The van der Waals surface area contributed by atoms with E-state index in [1.807, 2.05) is 80.6 Å². The third-order valence-electron chi connectivity index (χ3n) is 6.50. The summed E-state index contributed by atoms with van der Waals surface area (Å²) in [6, 6.07) is 25.2. The topological polar surface area (TPSA) is 58.6 Å². The number of aryl methyl sites for hydroxylation is 1. The van der Waals surface area contributed by atoms with Crippen LogP contribution in [-0.4, -0.2) is 41.7 Å². The molecule has 0 aliphatic heterocycles. The smallest absolute Gasteiger partial charge is 0.243 e. The van der Waals surface area contributed by atoms with Gasteiger partial charge in [-0.15, -0.1) is 11.8 Å². The Kier molecular flexibility index (Phi) is 11.1. The minimum atomic E-state index is -0.630.